The summed E-state index contributed by atoms with van der Waals surface area (Å²) >= 11 is 0. The molecule has 17 heavy (non-hydrogen) atoms. The van der Waals surface area contributed by atoms with Crippen LogP contribution in [0.4, 0.5) is 0 Å². The van der Waals surface area contributed by atoms with Crippen LogP contribution in [-0.4, -0.2) is 41.9 Å². The number of aryl methyl sites for hydroxylation is 1. The van der Waals surface area contributed by atoms with Crippen LogP contribution in [0.2, 0.25) is 0 Å². The van der Waals surface area contributed by atoms with E-state index in [4.69, 9.17) is 9.47 Å². The minimum absolute atomic E-state index is 0.599. The first-order chi connectivity index (χ1) is 8.22. The minimum atomic E-state index is 0.599. The van der Waals surface area contributed by atoms with Gasteiger partial charge in [0.25, 0.3) is 0 Å². The van der Waals surface area contributed by atoms with E-state index in [1.807, 2.05) is 10.9 Å². The standard InChI is InChI=1S/C12H23N3O2/c1-11(2)9-15-10-12(13-14-15)5-4-6-17-8-7-16-3/h10-11H,4-9H2,1-3H3. The number of nitrogens with zero attached hydrogens (tertiary/aromatic N) is 3. The van der Waals surface area contributed by atoms with Gasteiger partial charge in [-0.15, -0.1) is 5.10 Å². The van der Waals surface area contributed by atoms with Crippen molar-refractivity contribution in [1.82, 2.24) is 15.0 Å². The number of hydrogen-bond donors (Lipinski definition) is 0. The molecule has 5 nitrogen and oxygen atoms in total. The van der Waals surface area contributed by atoms with Gasteiger partial charge < -0.3 is 9.47 Å². The molecule has 0 atom stereocenters. The van der Waals surface area contributed by atoms with Crippen LogP contribution in [0.3, 0.4) is 0 Å². The molecular weight excluding hydrogens is 218 g/mol. The predicted molar refractivity (Wildman–Crippen MR) is 65.9 cm³/mol. The number of hydrogen-bond acceptors (Lipinski definition) is 4. The summed E-state index contributed by atoms with van der Waals surface area (Å²) in [5.74, 6) is 0.599. The number of aromatic nitrogens is 3. The van der Waals surface area contributed by atoms with Gasteiger partial charge in [0.05, 0.1) is 18.9 Å². The maximum atomic E-state index is 5.39. The van der Waals surface area contributed by atoms with Crippen molar-refractivity contribution in [3.8, 4) is 0 Å². The Hall–Kier alpha value is -0.940. The van der Waals surface area contributed by atoms with Crippen LogP contribution in [0.1, 0.15) is 26.0 Å². The summed E-state index contributed by atoms with van der Waals surface area (Å²) < 4.78 is 12.2. The first kappa shape index (κ1) is 14.1. The number of methoxy groups -OCH3 is 1. The molecule has 0 aromatic carbocycles. The predicted octanol–water partition coefficient (Wildman–Crippen LogP) is 1.53. The van der Waals surface area contributed by atoms with Gasteiger partial charge in [-0.1, -0.05) is 19.1 Å². The molecule has 0 aliphatic heterocycles. The largest absolute Gasteiger partial charge is 0.382 e. The average molecular weight is 241 g/mol. The highest BCUT2D eigenvalue weighted by molar-refractivity contribution is 4.92. The molecule has 1 aromatic rings. The molecular formula is C12H23N3O2. The highest BCUT2D eigenvalue weighted by Gasteiger charge is 2.02. The van der Waals surface area contributed by atoms with Crippen molar-refractivity contribution in [1.29, 1.82) is 0 Å². The van der Waals surface area contributed by atoms with Gasteiger partial charge in [-0.3, -0.25) is 4.68 Å². The zero-order valence-electron chi connectivity index (χ0n) is 11.1. The van der Waals surface area contributed by atoms with Crippen molar-refractivity contribution < 1.29 is 9.47 Å². The summed E-state index contributed by atoms with van der Waals surface area (Å²) in [5, 5.41) is 8.23. The molecule has 0 N–H and O–H groups in total. The Labute approximate surface area is 103 Å². The molecule has 0 spiro atoms. The Morgan fingerprint density at radius 2 is 2.12 bits per heavy atom. The molecule has 0 fully saturated rings. The lowest BCUT2D eigenvalue weighted by molar-refractivity contribution is 0.0695. The van der Waals surface area contributed by atoms with Crippen LogP contribution in [0, 0.1) is 5.92 Å². The van der Waals surface area contributed by atoms with Gasteiger partial charge >= 0.3 is 0 Å². The lowest BCUT2D eigenvalue weighted by Crippen LogP contribution is -2.04. The molecule has 98 valence electrons. The average Bonchev–Trinajstić information content (AvgIpc) is 2.70. The SMILES string of the molecule is COCCOCCCc1cn(CC(C)C)nn1. The second-order valence-corrected chi connectivity index (χ2v) is 4.53. The molecule has 5 heteroatoms. The van der Waals surface area contributed by atoms with Crippen LogP contribution in [-0.2, 0) is 22.4 Å². The summed E-state index contributed by atoms with van der Waals surface area (Å²) in [6.07, 6.45) is 3.92. The lowest BCUT2D eigenvalue weighted by Gasteiger charge is -2.02. The molecule has 1 heterocycles. The van der Waals surface area contributed by atoms with Crippen LogP contribution in [0.5, 0.6) is 0 Å². The molecule has 0 amide bonds. The van der Waals surface area contributed by atoms with Gasteiger partial charge in [0.2, 0.25) is 0 Å². The van der Waals surface area contributed by atoms with Crippen molar-refractivity contribution >= 4 is 0 Å². The molecule has 0 radical (unpaired) electrons. The first-order valence-electron chi connectivity index (χ1n) is 6.18. The summed E-state index contributed by atoms with van der Waals surface area (Å²) in [5.41, 5.74) is 1.04. The van der Waals surface area contributed by atoms with Crippen LogP contribution < -0.4 is 0 Å². The maximum Gasteiger partial charge on any atom is 0.0828 e. The molecule has 0 saturated heterocycles. The third-order valence-electron chi connectivity index (χ3n) is 2.29. The Kier molecular flexibility index (Phi) is 6.81. The summed E-state index contributed by atoms with van der Waals surface area (Å²) in [7, 11) is 1.68. The summed E-state index contributed by atoms with van der Waals surface area (Å²) in [6, 6.07) is 0. The van der Waals surface area contributed by atoms with Crippen molar-refractivity contribution in [3.63, 3.8) is 0 Å². The second-order valence-electron chi connectivity index (χ2n) is 4.53. The van der Waals surface area contributed by atoms with Gasteiger partial charge in [0.1, 0.15) is 0 Å². The van der Waals surface area contributed by atoms with Gasteiger partial charge in [-0.05, 0) is 18.8 Å². The molecule has 0 aliphatic carbocycles. The Morgan fingerprint density at radius 1 is 1.29 bits per heavy atom. The van der Waals surface area contributed by atoms with Crippen LogP contribution in [0.15, 0.2) is 6.20 Å². The maximum absolute atomic E-state index is 5.39. The van der Waals surface area contributed by atoms with Gasteiger partial charge in [-0.25, -0.2) is 0 Å². The van der Waals surface area contributed by atoms with Crippen LogP contribution >= 0.6 is 0 Å². The zero-order valence-corrected chi connectivity index (χ0v) is 11.1. The molecule has 0 aliphatic rings. The van der Waals surface area contributed by atoms with E-state index in [1.54, 1.807) is 7.11 Å². The van der Waals surface area contributed by atoms with Crippen molar-refractivity contribution in [2.75, 3.05) is 26.9 Å². The monoisotopic (exact) mass is 241 g/mol. The van der Waals surface area contributed by atoms with E-state index in [2.05, 4.69) is 24.2 Å². The minimum Gasteiger partial charge on any atom is -0.382 e. The van der Waals surface area contributed by atoms with E-state index in [9.17, 15) is 0 Å². The summed E-state index contributed by atoms with van der Waals surface area (Å²) in [6.45, 7) is 7.34. The second kappa shape index (κ2) is 8.20. The van der Waals surface area contributed by atoms with E-state index in [-0.39, 0.29) is 0 Å². The van der Waals surface area contributed by atoms with Crippen molar-refractivity contribution in [2.45, 2.75) is 33.2 Å². The van der Waals surface area contributed by atoms with E-state index < -0.39 is 0 Å². The molecule has 1 aromatic heterocycles. The van der Waals surface area contributed by atoms with Crippen molar-refractivity contribution in [3.05, 3.63) is 11.9 Å². The zero-order chi connectivity index (χ0) is 12.5. The normalized spacial score (nSPS) is 11.3. The molecule has 0 saturated carbocycles. The van der Waals surface area contributed by atoms with E-state index in [0.717, 1.165) is 31.7 Å². The molecule has 0 bridgehead atoms. The van der Waals surface area contributed by atoms with E-state index >= 15 is 0 Å². The fourth-order valence-corrected chi connectivity index (χ4v) is 1.52. The Morgan fingerprint density at radius 3 is 2.82 bits per heavy atom. The lowest BCUT2D eigenvalue weighted by atomic mass is 10.2. The third kappa shape index (κ3) is 6.38. The fourth-order valence-electron chi connectivity index (χ4n) is 1.52. The smallest absolute Gasteiger partial charge is 0.0828 e. The third-order valence-corrected chi connectivity index (χ3v) is 2.29. The van der Waals surface area contributed by atoms with Gasteiger partial charge in [-0.2, -0.15) is 0 Å². The van der Waals surface area contributed by atoms with Crippen molar-refractivity contribution in [2.24, 2.45) is 5.92 Å². The van der Waals surface area contributed by atoms with Gasteiger partial charge in [0.15, 0.2) is 0 Å². The number of rotatable bonds is 9. The quantitative estimate of drug-likeness (QED) is 0.615. The Bertz CT molecular complexity index is 300. The number of ether oxygens (including phenoxy) is 2. The first-order valence-corrected chi connectivity index (χ1v) is 6.18. The molecule has 1 rings (SSSR count). The topological polar surface area (TPSA) is 49.2 Å². The van der Waals surface area contributed by atoms with E-state index in [0.29, 0.717) is 19.1 Å². The van der Waals surface area contributed by atoms with Crippen LogP contribution in [0.25, 0.3) is 0 Å². The summed E-state index contributed by atoms with van der Waals surface area (Å²) in [4.78, 5) is 0. The Balaban J connectivity index is 2.12. The highest BCUT2D eigenvalue weighted by Crippen LogP contribution is 2.01. The molecule has 0 unspecified atom stereocenters. The highest BCUT2D eigenvalue weighted by atomic mass is 16.5. The van der Waals surface area contributed by atoms with Gasteiger partial charge in [0, 0.05) is 26.5 Å². The van der Waals surface area contributed by atoms with E-state index in [1.165, 1.54) is 0 Å². The fraction of sp³-hybridized carbons (Fsp3) is 0.833.